The molecule has 0 aromatic heterocycles. The number of nitrogens with one attached hydrogen (secondary N) is 2. The van der Waals surface area contributed by atoms with Crippen molar-refractivity contribution in [2.75, 3.05) is 65.4 Å². The van der Waals surface area contributed by atoms with Crippen molar-refractivity contribution in [2.24, 2.45) is 0 Å². The van der Waals surface area contributed by atoms with Crippen LogP contribution in [0.1, 0.15) is 66.5 Å². The molecule has 374 valence electrons. The third-order valence-electron chi connectivity index (χ3n) is 10.5. The summed E-state index contributed by atoms with van der Waals surface area (Å²) in [5.74, 6) is -1.74. The van der Waals surface area contributed by atoms with E-state index in [-0.39, 0.29) is 37.7 Å². The maximum atomic E-state index is 13.4. The lowest BCUT2D eigenvalue weighted by atomic mass is 10.1. The molecule has 0 bridgehead atoms. The topological polar surface area (TPSA) is 229 Å². The van der Waals surface area contributed by atoms with Crippen LogP contribution in [0.25, 0.3) is 0 Å². The van der Waals surface area contributed by atoms with Gasteiger partial charge < -0.3 is 39.1 Å². The van der Waals surface area contributed by atoms with Crippen LogP contribution in [0.5, 0.6) is 11.5 Å². The molecule has 2 saturated heterocycles. The van der Waals surface area contributed by atoms with Crippen molar-refractivity contribution >= 4 is 71.3 Å². The van der Waals surface area contributed by atoms with Crippen LogP contribution >= 0.6 is 23.5 Å². The van der Waals surface area contributed by atoms with Crippen LogP contribution in [0.4, 0.5) is 9.59 Å². The molecule has 2 aliphatic rings. The average molecular weight is 989 g/mol. The normalized spacial score (nSPS) is 16.9. The lowest BCUT2D eigenvalue weighted by molar-refractivity contribution is -0.169. The lowest BCUT2D eigenvalue weighted by Crippen LogP contribution is -2.63. The number of methoxy groups -OCH3 is 2. The first-order valence-electron chi connectivity index (χ1n) is 21.8. The molecule has 0 spiro atoms. The summed E-state index contributed by atoms with van der Waals surface area (Å²) >= 11 is 2.70. The molecule has 2 aromatic rings. The number of benzene rings is 2. The number of ether oxygens (including phenoxy) is 6. The molecule has 22 heteroatoms. The quantitative estimate of drug-likeness (QED) is 0.103. The Morgan fingerprint density at radius 2 is 0.868 bits per heavy atom. The van der Waals surface area contributed by atoms with Crippen molar-refractivity contribution in [3.05, 3.63) is 59.7 Å². The van der Waals surface area contributed by atoms with Gasteiger partial charge in [-0.2, -0.15) is 23.5 Å². The summed E-state index contributed by atoms with van der Waals surface area (Å²) in [7, 11) is 3.13. The highest BCUT2D eigenvalue weighted by Gasteiger charge is 2.41. The zero-order valence-corrected chi connectivity index (χ0v) is 42.0. The van der Waals surface area contributed by atoms with Crippen molar-refractivity contribution < 1.29 is 66.8 Å². The molecule has 2 aliphatic heterocycles. The van der Waals surface area contributed by atoms with Gasteiger partial charge >= 0.3 is 24.1 Å². The zero-order chi connectivity index (χ0) is 50.3. The highest BCUT2D eigenvalue weighted by Crippen LogP contribution is 2.22. The maximum Gasteiger partial charge on any atom is 0.408 e. The highest BCUT2D eigenvalue weighted by molar-refractivity contribution is 7.98. The van der Waals surface area contributed by atoms with Crippen LogP contribution in [-0.4, -0.2) is 168 Å². The van der Waals surface area contributed by atoms with Gasteiger partial charge in [0.25, 0.3) is 0 Å². The predicted octanol–water partition coefficient (Wildman–Crippen LogP) is 3.78. The van der Waals surface area contributed by atoms with Gasteiger partial charge in [0.2, 0.25) is 23.6 Å². The molecule has 2 heterocycles. The van der Waals surface area contributed by atoms with Gasteiger partial charge in [-0.3, -0.25) is 29.0 Å². The Bertz CT molecular complexity index is 1910. The molecular formula is C46H64N6O14S2. The van der Waals surface area contributed by atoms with Crippen LogP contribution < -0.4 is 20.1 Å². The van der Waals surface area contributed by atoms with E-state index in [1.54, 1.807) is 79.4 Å². The zero-order valence-electron chi connectivity index (χ0n) is 40.3. The molecule has 4 atom stereocenters. The molecule has 2 N–H and O–H groups in total. The number of thioether (sulfide) groups is 2. The van der Waals surface area contributed by atoms with Crippen molar-refractivity contribution in [1.82, 2.24) is 30.2 Å². The summed E-state index contributed by atoms with van der Waals surface area (Å²) in [5.41, 5.74) is 0.216. The van der Waals surface area contributed by atoms with E-state index in [0.717, 1.165) is 20.9 Å². The molecule has 6 amide bonds. The minimum atomic E-state index is -1.17. The second-order valence-corrected chi connectivity index (χ2v) is 20.1. The third kappa shape index (κ3) is 17.5. The maximum absolute atomic E-state index is 13.4. The van der Waals surface area contributed by atoms with Gasteiger partial charge in [0, 0.05) is 35.1 Å². The monoisotopic (exact) mass is 988 g/mol. The molecular weight excluding hydrogens is 925 g/mol. The van der Waals surface area contributed by atoms with E-state index >= 15 is 0 Å². The van der Waals surface area contributed by atoms with Crippen LogP contribution in [-0.2, 0) is 59.2 Å². The van der Waals surface area contributed by atoms with E-state index in [4.69, 9.17) is 28.4 Å². The number of carbonyl (C=O) groups is 8. The van der Waals surface area contributed by atoms with E-state index in [9.17, 15) is 38.4 Å². The largest absolute Gasteiger partial charge is 0.497 e. The van der Waals surface area contributed by atoms with E-state index in [0.29, 0.717) is 23.0 Å². The van der Waals surface area contributed by atoms with Crippen molar-refractivity contribution in [3.63, 3.8) is 0 Å². The fraction of sp³-hybridized carbons (Fsp3) is 0.565. The first-order valence-corrected chi connectivity index (χ1v) is 24.2. The van der Waals surface area contributed by atoms with Gasteiger partial charge in [-0.25, -0.2) is 29.0 Å². The number of imide groups is 2. The average Bonchev–Trinajstić information content (AvgIpc) is 3.26. The first-order chi connectivity index (χ1) is 32.0. The van der Waals surface area contributed by atoms with Gasteiger partial charge in [0.1, 0.15) is 34.8 Å². The fourth-order valence-electron chi connectivity index (χ4n) is 6.63. The summed E-state index contributed by atoms with van der Waals surface area (Å²) in [4.78, 5) is 110. The standard InChI is InChI=1S/C46H64N6O14S2/c1-29(49-19-37(53)51(38(54)20-49)27-63-41(57)35(47-43(59)65-45(3,4)5)25-67-23-31-11-15-33(61-9)16-12-31)30(2)50-21-39(55)52(40(56)22-50)28-64-42(58)36(48-44(60)66-46(6,7)8)26-68-24-32-13-17-34(62-10)18-14-32/h11-18,29-30,35-36H,19-28H2,1-10H3,(H,47,59)(H,48,60)/t29-,30+,35-,36-/m1/s1. The second kappa shape index (κ2) is 25.2. The molecule has 2 fully saturated rings. The number of nitrogens with zero attached hydrogens (tertiary/aromatic N) is 4. The SMILES string of the molecule is COc1ccc(CSC[C@@H](NC(=O)OC(C)(C)C)C(=O)OCN2C(=O)CN([C@H](C)[C@H](C)N3CC(=O)N(COC(=O)[C@@H](CSCc4ccc(OC)cc4)NC(=O)OC(C)(C)C)C(=O)C3)CC2=O)cc1. The number of alkyl carbamates (subject to hydrolysis) is 2. The van der Waals surface area contributed by atoms with E-state index in [2.05, 4.69) is 10.6 Å². The number of rotatable bonds is 21. The summed E-state index contributed by atoms with van der Waals surface area (Å²) in [5, 5.41) is 5.07. The minimum absolute atomic E-state index is 0.0965. The summed E-state index contributed by atoms with van der Waals surface area (Å²) < 4.78 is 31.9. The van der Waals surface area contributed by atoms with Crippen molar-refractivity contribution in [2.45, 2.75) is 102 Å². The Morgan fingerprint density at radius 1 is 0.559 bits per heavy atom. The summed E-state index contributed by atoms with van der Waals surface area (Å²) in [6.45, 7) is 11.3. The molecule has 0 saturated carbocycles. The predicted molar refractivity (Wildman–Crippen MR) is 252 cm³/mol. The molecule has 0 aliphatic carbocycles. The number of carbonyl (C=O) groups excluding carboxylic acids is 8. The van der Waals surface area contributed by atoms with E-state index < -0.39 is 96.6 Å². The van der Waals surface area contributed by atoms with Gasteiger partial charge in [0.05, 0.1) is 40.4 Å². The molecule has 68 heavy (non-hydrogen) atoms. The van der Waals surface area contributed by atoms with Gasteiger partial charge in [-0.05, 0) is 90.8 Å². The Kier molecular flexibility index (Phi) is 20.3. The Hall–Kier alpha value is -5.58. The Balaban J connectivity index is 1.29. The van der Waals surface area contributed by atoms with Crippen molar-refractivity contribution in [3.8, 4) is 11.5 Å². The van der Waals surface area contributed by atoms with Crippen LogP contribution in [0.2, 0.25) is 0 Å². The molecule has 4 rings (SSSR count). The summed E-state index contributed by atoms with van der Waals surface area (Å²) in [6, 6.07) is 11.4. The molecule has 20 nitrogen and oxygen atoms in total. The van der Waals surface area contributed by atoms with Gasteiger partial charge in [-0.1, -0.05) is 24.3 Å². The van der Waals surface area contributed by atoms with E-state index in [1.807, 2.05) is 48.5 Å². The lowest BCUT2D eigenvalue weighted by Gasteiger charge is -2.43. The molecule has 2 aromatic carbocycles. The van der Waals surface area contributed by atoms with Crippen molar-refractivity contribution in [1.29, 1.82) is 0 Å². The molecule has 0 unspecified atom stereocenters. The molecule has 0 radical (unpaired) electrons. The first kappa shape index (κ1) is 55.0. The van der Waals surface area contributed by atoms with E-state index in [1.165, 1.54) is 23.5 Å². The van der Waals surface area contributed by atoms with Crippen LogP contribution in [0.15, 0.2) is 48.5 Å². The Morgan fingerprint density at radius 3 is 1.15 bits per heavy atom. The number of esters is 2. The number of amides is 6. The second-order valence-electron chi connectivity index (χ2n) is 18.0. The Labute approximate surface area is 405 Å². The van der Waals surface area contributed by atoms with Gasteiger partial charge in [0.15, 0.2) is 13.5 Å². The number of hydrogen-bond donors (Lipinski definition) is 2. The van der Waals surface area contributed by atoms with Crippen LogP contribution in [0.3, 0.4) is 0 Å². The highest BCUT2D eigenvalue weighted by atomic mass is 32.2. The fourth-order valence-corrected chi connectivity index (χ4v) is 8.63. The number of hydrogen-bond acceptors (Lipinski definition) is 18. The smallest absolute Gasteiger partial charge is 0.408 e. The minimum Gasteiger partial charge on any atom is -0.497 e. The third-order valence-corrected chi connectivity index (χ3v) is 12.7. The van der Waals surface area contributed by atoms with Crippen LogP contribution in [0, 0.1) is 0 Å². The summed E-state index contributed by atoms with van der Waals surface area (Å²) in [6.07, 6.45) is -1.68. The number of piperazine rings is 2. The van der Waals surface area contributed by atoms with Gasteiger partial charge in [-0.15, -0.1) is 0 Å².